The predicted octanol–water partition coefficient (Wildman–Crippen LogP) is 2.35. The minimum absolute atomic E-state index is 0.0168. The Bertz CT molecular complexity index is 1860. The molecular formula is C38H42N4O9. The van der Waals surface area contributed by atoms with E-state index in [1.165, 1.54) is 4.90 Å². The van der Waals surface area contributed by atoms with Crippen molar-refractivity contribution in [3.8, 4) is 5.75 Å². The van der Waals surface area contributed by atoms with Crippen molar-refractivity contribution < 1.29 is 43.0 Å². The minimum atomic E-state index is -2.79. The maximum atomic E-state index is 14.5. The van der Waals surface area contributed by atoms with Crippen LogP contribution in [0.3, 0.4) is 0 Å². The monoisotopic (exact) mass is 698 g/mol. The summed E-state index contributed by atoms with van der Waals surface area (Å²) in [4.78, 5) is 73.5. The molecule has 3 aliphatic carbocycles. The van der Waals surface area contributed by atoms with Crippen molar-refractivity contribution in [2.75, 3.05) is 46.2 Å². The molecule has 3 aliphatic rings. The van der Waals surface area contributed by atoms with Gasteiger partial charge in [0.05, 0.1) is 30.0 Å². The van der Waals surface area contributed by atoms with Gasteiger partial charge in [-0.1, -0.05) is 12.2 Å². The van der Waals surface area contributed by atoms with Crippen molar-refractivity contribution in [3.05, 3.63) is 83.2 Å². The first-order valence-electron chi connectivity index (χ1n) is 16.8. The number of phenolic OH excluding ortho intramolecular Hbond substituents is 1. The number of fused-ring (bicyclic) bond motifs is 3. The first-order valence-corrected chi connectivity index (χ1v) is 16.8. The van der Waals surface area contributed by atoms with Crippen molar-refractivity contribution >= 4 is 46.9 Å². The normalized spacial score (nSPS) is 26.3. The fourth-order valence-corrected chi connectivity index (χ4v) is 8.08. The van der Waals surface area contributed by atoms with Crippen molar-refractivity contribution in [1.82, 2.24) is 9.80 Å². The number of carbonyl (C=O) groups is 5. The lowest BCUT2D eigenvalue weighted by Gasteiger charge is -2.52. The van der Waals surface area contributed by atoms with Crippen molar-refractivity contribution in [2.24, 2.45) is 29.4 Å². The van der Waals surface area contributed by atoms with Gasteiger partial charge in [-0.15, -0.1) is 0 Å². The quantitative estimate of drug-likeness (QED) is 0.249. The highest BCUT2D eigenvalue weighted by molar-refractivity contribution is 6.32. The largest absolute Gasteiger partial charge is 0.507 e. The number of primary amides is 1. The van der Waals surface area contributed by atoms with E-state index >= 15 is 0 Å². The molecule has 13 heteroatoms. The van der Waals surface area contributed by atoms with E-state index in [2.05, 4.69) is 0 Å². The van der Waals surface area contributed by atoms with Gasteiger partial charge in [0, 0.05) is 50.9 Å². The molecule has 1 aromatic carbocycles. The molecule has 0 spiro atoms. The Kier molecular flexibility index (Phi) is 9.73. The molecule has 4 N–H and O–H groups in total. The molecule has 13 nitrogen and oxygen atoms in total. The number of aliphatic hydroxyl groups is 1. The molecule has 6 atom stereocenters. The van der Waals surface area contributed by atoms with Gasteiger partial charge in [-0.05, 0) is 80.9 Å². The summed E-state index contributed by atoms with van der Waals surface area (Å²) in [5.41, 5.74) is 4.26. The fourth-order valence-electron chi connectivity index (χ4n) is 8.08. The van der Waals surface area contributed by atoms with Crippen molar-refractivity contribution in [1.29, 1.82) is 0 Å². The van der Waals surface area contributed by atoms with Gasteiger partial charge >= 0.3 is 0 Å². The molecule has 2 heterocycles. The van der Waals surface area contributed by atoms with Crippen molar-refractivity contribution in [3.63, 3.8) is 0 Å². The number of anilines is 1. The van der Waals surface area contributed by atoms with E-state index in [9.17, 15) is 34.2 Å². The molecule has 0 radical (unpaired) electrons. The lowest BCUT2D eigenvalue weighted by Crippen LogP contribution is -2.74. The average Bonchev–Trinajstić information content (AvgIpc) is 3.78. The second-order valence-electron chi connectivity index (χ2n) is 14.0. The predicted molar refractivity (Wildman–Crippen MR) is 186 cm³/mol. The zero-order chi connectivity index (χ0) is 36.8. The fraction of sp³-hybridized carbons (Fsp3) is 0.395. The molecule has 0 saturated heterocycles. The van der Waals surface area contributed by atoms with Crippen LogP contribution in [0.2, 0.25) is 0 Å². The summed E-state index contributed by atoms with van der Waals surface area (Å²) >= 11 is 0. The number of furan rings is 2. The highest BCUT2D eigenvalue weighted by Gasteiger charge is 2.69. The van der Waals surface area contributed by atoms with E-state index in [4.69, 9.17) is 14.6 Å². The summed E-state index contributed by atoms with van der Waals surface area (Å²) in [6.45, 7) is 1.09. The smallest absolute Gasteiger partial charge is 0.235 e. The van der Waals surface area contributed by atoms with Gasteiger partial charge in [-0.3, -0.25) is 33.8 Å². The van der Waals surface area contributed by atoms with Crippen LogP contribution in [0.4, 0.5) is 5.69 Å². The zero-order valence-corrected chi connectivity index (χ0v) is 28.9. The molecule has 268 valence electrons. The number of hydrogen-bond donors (Lipinski definition) is 3. The molecular weight excluding hydrogens is 656 g/mol. The number of rotatable bonds is 11. The van der Waals surface area contributed by atoms with E-state index in [-0.39, 0.29) is 30.7 Å². The topological polar surface area (TPSA) is 188 Å². The van der Waals surface area contributed by atoms with E-state index in [1.807, 2.05) is 66.4 Å². The van der Waals surface area contributed by atoms with Gasteiger partial charge in [-0.25, -0.2) is 0 Å². The van der Waals surface area contributed by atoms with E-state index in [0.717, 1.165) is 0 Å². The molecule has 2 saturated carbocycles. The molecule has 0 bridgehead atoms. The summed E-state index contributed by atoms with van der Waals surface area (Å²) in [5.74, 6) is -9.44. The third kappa shape index (κ3) is 6.26. The summed E-state index contributed by atoms with van der Waals surface area (Å²) in [6, 6.07) is 7.90. The number of phenols is 1. The van der Waals surface area contributed by atoms with E-state index in [1.54, 1.807) is 38.8 Å². The van der Waals surface area contributed by atoms with Crippen LogP contribution in [0.5, 0.6) is 5.75 Å². The highest BCUT2D eigenvalue weighted by Crippen LogP contribution is 2.52. The highest BCUT2D eigenvalue weighted by atomic mass is 16.3. The Morgan fingerprint density at radius 1 is 0.980 bits per heavy atom. The maximum Gasteiger partial charge on any atom is 0.235 e. The molecule has 2 aromatic heterocycles. The van der Waals surface area contributed by atoms with E-state index < -0.39 is 64.4 Å². The number of likely N-dealkylation sites (N-methyl/N-ethyl adjacent to an activating group) is 1. The second kappa shape index (κ2) is 13.9. The van der Waals surface area contributed by atoms with Gasteiger partial charge in [0.2, 0.25) is 5.91 Å². The van der Waals surface area contributed by atoms with Crippen LogP contribution in [0.1, 0.15) is 39.4 Å². The van der Waals surface area contributed by atoms with Crippen LogP contribution >= 0.6 is 0 Å². The Hall–Kier alpha value is -5.11. The number of hydrogen-bond acceptors (Lipinski definition) is 12. The molecule has 1 amide bonds. The molecule has 6 rings (SSSR count). The summed E-state index contributed by atoms with van der Waals surface area (Å²) in [6.07, 6.45) is 10.8. The minimum Gasteiger partial charge on any atom is -0.507 e. The Morgan fingerprint density at radius 3 is 2.10 bits per heavy atom. The van der Waals surface area contributed by atoms with Crippen molar-refractivity contribution in [2.45, 2.75) is 31.0 Å². The van der Waals surface area contributed by atoms with Gasteiger partial charge in [-0.2, -0.15) is 0 Å². The standard InChI is InChI=1S/C38H42N4O9/c1-40(2)27-19-22(20-42(13-5-9-23-11-7-15-50-23)14-6-10-24-12-8-16-51-24)32(43)29-25(27)17-21-18-26-31(41(3)4)34(45)30(37(39)48)36(47)38(26,49)35(46)28(21)33(29)44/h5-12,15-16,19,21,26,28,30-31,43,49H,13-14,17-18,20H2,1-4H3,(H2,39,48)/t21-,26-,28?,30?,31?,38-/m0/s1. The molecule has 0 aliphatic heterocycles. The maximum absolute atomic E-state index is 14.5. The van der Waals surface area contributed by atoms with Crippen LogP contribution in [0.25, 0.3) is 12.2 Å². The lowest BCUT2D eigenvalue weighted by molar-refractivity contribution is -0.181. The summed E-state index contributed by atoms with van der Waals surface area (Å²) in [7, 11) is 6.75. The molecule has 51 heavy (non-hydrogen) atoms. The Labute approximate surface area is 295 Å². The number of nitrogens with two attached hydrogens (primary N) is 1. The number of amides is 1. The van der Waals surface area contributed by atoms with Crippen LogP contribution < -0.4 is 10.6 Å². The Balaban J connectivity index is 1.37. The number of aromatic hydroxyl groups is 1. The van der Waals surface area contributed by atoms with Crippen LogP contribution in [0.15, 0.2) is 63.8 Å². The van der Waals surface area contributed by atoms with Crippen LogP contribution in [-0.4, -0.2) is 102 Å². The average molecular weight is 699 g/mol. The number of nitrogens with zero attached hydrogens (tertiary/aromatic N) is 3. The first-order chi connectivity index (χ1) is 24.2. The number of ketones is 4. The SMILES string of the molecule is CN(C)c1cc(CN(CC=Cc2ccco2)CC=Cc2ccco2)c(O)c2c1C[C@H]1C[C@H]3C(N(C)C)C(=O)C(C(N)=O)C(=O)[C@@]3(O)C(=O)C1C2=O. The van der Waals surface area contributed by atoms with Crippen LogP contribution in [-0.2, 0) is 32.1 Å². The summed E-state index contributed by atoms with van der Waals surface area (Å²) < 4.78 is 10.8. The molecule has 3 unspecified atom stereocenters. The number of benzene rings is 1. The lowest BCUT2D eigenvalue weighted by atomic mass is 9.52. The van der Waals surface area contributed by atoms with Gasteiger partial charge in [0.1, 0.15) is 17.3 Å². The first kappa shape index (κ1) is 35.7. The zero-order valence-electron chi connectivity index (χ0n) is 28.9. The second-order valence-corrected chi connectivity index (χ2v) is 14.0. The third-order valence-electron chi connectivity index (χ3n) is 10.4. The Morgan fingerprint density at radius 2 is 1.59 bits per heavy atom. The van der Waals surface area contributed by atoms with Gasteiger partial charge < -0.3 is 29.7 Å². The van der Waals surface area contributed by atoms with Gasteiger partial charge in [0.15, 0.2) is 34.7 Å². The summed E-state index contributed by atoms with van der Waals surface area (Å²) in [5, 5.41) is 23.8. The van der Waals surface area contributed by atoms with Gasteiger partial charge in [0.25, 0.3) is 0 Å². The number of carbonyl (C=O) groups excluding carboxylic acids is 5. The molecule has 2 fully saturated rings. The molecule has 3 aromatic rings. The third-order valence-corrected chi connectivity index (χ3v) is 10.4. The number of Topliss-reactive ketones (excluding diaryl/α,β-unsaturated/α-hetero) is 4. The van der Waals surface area contributed by atoms with Crippen LogP contribution in [0, 0.1) is 23.7 Å². The van der Waals surface area contributed by atoms with E-state index in [0.29, 0.717) is 41.4 Å².